The summed E-state index contributed by atoms with van der Waals surface area (Å²) in [5, 5.41) is 11.7. The normalized spacial score (nSPS) is 10.9. The average molecular weight is 341 g/mol. The van der Waals surface area contributed by atoms with Gasteiger partial charge < -0.3 is 4.74 Å². The molecule has 0 aliphatic heterocycles. The Balaban J connectivity index is 2.19. The number of benzene rings is 1. The fourth-order valence-electron chi connectivity index (χ4n) is 1.76. The first-order valence-corrected chi connectivity index (χ1v) is 7.25. The standard InChI is InChI=1S/C14H14Cl2N4O2/c1-3-22-14(21)12-8(2)18-20-13(12)19-17-7-9-10(15)5-4-6-11(9)16/h4-7H,3H2,1-2H3,(H2,18,19,20). The smallest absolute Gasteiger partial charge is 0.343 e. The molecule has 0 atom stereocenters. The fraction of sp³-hybridized carbons (Fsp3) is 0.214. The number of nitrogens with zero attached hydrogens (tertiary/aromatic N) is 2. The van der Waals surface area contributed by atoms with Gasteiger partial charge in [-0.15, -0.1) is 0 Å². The number of carbonyl (C=O) groups is 1. The lowest BCUT2D eigenvalue weighted by atomic mass is 10.2. The largest absolute Gasteiger partial charge is 0.462 e. The van der Waals surface area contributed by atoms with Crippen molar-refractivity contribution >= 4 is 41.2 Å². The van der Waals surface area contributed by atoms with Gasteiger partial charge in [0.05, 0.1) is 22.9 Å². The monoisotopic (exact) mass is 340 g/mol. The second-order valence-electron chi connectivity index (χ2n) is 4.30. The van der Waals surface area contributed by atoms with Crippen molar-refractivity contribution in [3.63, 3.8) is 0 Å². The van der Waals surface area contributed by atoms with Gasteiger partial charge in [0.15, 0.2) is 5.82 Å². The zero-order valence-electron chi connectivity index (χ0n) is 12.0. The first-order valence-electron chi connectivity index (χ1n) is 6.49. The third-order valence-corrected chi connectivity index (χ3v) is 3.45. The Morgan fingerprint density at radius 1 is 1.45 bits per heavy atom. The lowest BCUT2D eigenvalue weighted by molar-refractivity contribution is 0.0526. The number of halogens is 2. The van der Waals surface area contributed by atoms with Crippen molar-refractivity contribution in [1.29, 1.82) is 0 Å². The molecule has 1 heterocycles. The SMILES string of the molecule is CCOC(=O)c1c(NN=Cc2c(Cl)cccc2Cl)n[nH]c1C. The van der Waals surface area contributed by atoms with Crippen LogP contribution in [0.15, 0.2) is 23.3 Å². The Morgan fingerprint density at radius 3 is 2.77 bits per heavy atom. The van der Waals surface area contributed by atoms with Crippen LogP contribution in [0.4, 0.5) is 5.82 Å². The molecule has 0 spiro atoms. The number of aromatic amines is 1. The number of nitrogens with one attached hydrogen (secondary N) is 2. The Labute approximate surface area is 137 Å². The van der Waals surface area contributed by atoms with Gasteiger partial charge >= 0.3 is 5.97 Å². The highest BCUT2D eigenvalue weighted by Gasteiger charge is 2.19. The molecule has 0 fully saturated rings. The minimum atomic E-state index is -0.470. The van der Waals surface area contributed by atoms with Gasteiger partial charge in [-0.1, -0.05) is 29.3 Å². The Hall–Kier alpha value is -2.05. The number of ether oxygens (including phenoxy) is 1. The van der Waals surface area contributed by atoms with Crippen molar-refractivity contribution < 1.29 is 9.53 Å². The second-order valence-corrected chi connectivity index (χ2v) is 5.11. The number of hydrazone groups is 1. The van der Waals surface area contributed by atoms with E-state index in [1.807, 2.05) is 0 Å². The molecule has 0 aliphatic rings. The predicted molar refractivity (Wildman–Crippen MR) is 87.0 cm³/mol. The minimum Gasteiger partial charge on any atom is -0.462 e. The summed E-state index contributed by atoms with van der Waals surface area (Å²) in [7, 11) is 0. The number of H-pyrrole nitrogens is 1. The van der Waals surface area contributed by atoms with Crippen LogP contribution in [0, 0.1) is 6.92 Å². The lowest BCUT2D eigenvalue weighted by Crippen LogP contribution is -2.08. The van der Waals surface area contributed by atoms with Crippen molar-refractivity contribution in [2.45, 2.75) is 13.8 Å². The topological polar surface area (TPSA) is 79.4 Å². The molecule has 0 bridgehead atoms. The van der Waals surface area contributed by atoms with E-state index >= 15 is 0 Å². The van der Waals surface area contributed by atoms with Gasteiger partial charge in [-0.2, -0.15) is 10.2 Å². The number of hydrogen-bond donors (Lipinski definition) is 2. The van der Waals surface area contributed by atoms with E-state index in [-0.39, 0.29) is 12.4 Å². The summed E-state index contributed by atoms with van der Waals surface area (Å²) >= 11 is 12.1. The van der Waals surface area contributed by atoms with Gasteiger partial charge in [0.1, 0.15) is 5.56 Å². The lowest BCUT2D eigenvalue weighted by Gasteiger charge is -2.03. The predicted octanol–water partition coefficient (Wildman–Crippen LogP) is 3.65. The average Bonchev–Trinajstić information content (AvgIpc) is 2.83. The molecular weight excluding hydrogens is 327 g/mol. The first-order chi connectivity index (χ1) is 10.5. The molecule has 22 heavy (non-hydrogen) atoms. The molecule has 1 aromatic carbocycles. The van der Waals surface area contributed by atoms with Gasteiger partial charge in [0.2, 0.25) is 0 Å². The van der Waals surface area contributed by atoms with E-state index in [4.69, 9.17) is 27.9 Å². The number of carbonyl (C=O) groups excluding carboxylic acids is 1. The van der Waals surface area contributed by atoms with Gasteiger partial charge in [0.25, 0.3) is 0 Å². The van der Waals surface area contributed by atoms with Crippen LogP contribution in [-0.2, 0) is 4.74 Å². The highest BCUT2D eigenvalue weighted by Crippen LogP contribution is 2.22. The molecule has 0 amide bonds. The summed E-state index contributed by atoms with van der Waals surface area (Å²) < 4.78 is 4.98. The van der Waals surface area contributed by atoms with Crippen LogP contribution in [0.1, 0.15) is 28.5 Å². The van der Waals surface area contributed by atoms with Gasteiger partial charge in [-0.25, -0.2) is 4.79 Å². The molecule has 0 radical (unpaired) electrons. The summed E-state index contributed by atoms with van der Waals surface area (Å²) in [4.78, 5) is 11.9. The molecule has 6 nitrogen and oxygen atoms in total. The van der Waals surface area contributed by atoms with Gasteiger partial charge in [0, 0.05) is 11.3 Å². The molecule has 0 saturated carbocycles. The van der Waals surface area contributed by atoms with Crippen molar-refractivity contribution in [1.82, 2.24) is 10.2 Å². The highest BCUT2D eigenvalue weighted by atomic mass is 35.5. The molecule has 8 heteroatoms. The second kappa shape index (κ2) is 7.29. The summed E-state index contributed by atoms with van der Waals surface area (Å²) in [5.41, 5.74) is 4.16. The zero-order valence-corrected chi connectivity index (χ0v) is 13.5. The van der Waals surface area contributed by atoms with Crippen LogP contribution >= 0.6 is 23.2 Å². The van der Waals surface area contributed by atoms with Crippen molar-refractivity contribution in [3.05, 3.63) is 45.1 Å². The summed E-state index contributed by atoms with van der Waals surface area (Å²) in [5.74, 6) is -0.197. The summed E-state index contributed by atoms with van der Waals surface area (Å²) in [6.07, 6.45) is 1.46. The highest BCUT2D eigenvalue weighted by molar-refractivity contribution is 6.38. The van der Waals surface area contributed by atoms with Crippen LogP contribution in [0.3, 0.4) is 0 Å². The van der Waals surface area contributed by atoms with Crippen molar-refractivity contribution in [2.75, 3.05) is 12.0 Å². The van der Waals surface area contributed by atoms with Crippen molar-refractivity contribution in [3.8, 4) is 0 Å². The van der Waals surface area contributed by atoms with Crippen LogP contribution < -0.4 is 5.43 Å². The maximum Gasteiger partial charge on any atom is 0.343 e. The van der Waals surface area contributed by atoms with E-state index in [0.29, 0.717) is 26.9 Å². The van der Waals surface area contributed by atoms with E-state index in [9.17, 15) is 4.79 Å². The van der Waals surface area contributed by atoms with Crippen molar-refractivity contribution in [2.24, 2.45) is 5.10 Å². The fourth-order valence-corrected chi connectivity index (χ4v) is 2.25. The summed E-state index contributed by atoms with van der Waals surface area (Å²) in [6, 6.07) is 5.15. The molecular formula is C14H14Cl2N4O2. The maximum atomic E-state index is 11.9. The van der Waals surface area contributed by atoms with E-state index in [2.05, 4.69) is 20.7 Å². The quantitative estimate of drug-likeness (QED) is 0.494. The van der Waals surface area contributed by atoms with E-state index in [1.54, 1.807) is 32.0 Å². The minimum absolute atomic E-state index is 0.273. The van der Waals surface area contributed by atoms with Crippen LogP contribution in [0.2, 0.25) is 10.0 Å². The molecule has 0 aliphatic carbocycles. The molecule has 2 N–H and O–H groups in total. The number of hydrogen-bond acceptors (Lipinski definition) is 5. The number of aryl methyl sites for hydroxylation is 1. The molecule has 0 saturated heterocycles. The molecule has 2 rings (SSSR count). The summed E-state index contributed by atoms with van der Waals surface area (Å²) in [6.45, 7) is 3.73. The zero-order chi connectivity index (χ0) is 16.1. The number of esters is 1. The maximum absolute atomic E-state index is 11.9. The molecule has 1 aromatic heterocycles. The Kier molecular flexibility index (Phi) is 5.41. The van der Waals surface area contributed by atoms with E-state index in [1.165, 1.54) is 6.21 Å². The first kappa shape index (κ1) is 16.3. The van der Waals surface area contributed by atoms with Gasteiger partial charge in [-0.05, 0) is 26.0 Å². The third-order valence-electron chi connectivity index (χ3n) is 2.79. The third kappa shape index (κ3) is 3.58. The van der Waals surface area contributed by atoms with Crippen LogP contribution in [0.5, 0.6) is 0 Å². The number of anilines is 1. The van der Waals surface area contributed by atoms with E-state index < -0.39 is 5.97 Å². The number of aromatic nitrogens is 2. The molecule has 0 unspecified atom stereocenters. The molecule has 2 aromatic rings. The van der Waals surface area contributed by atoms with Gasteiger partial charge in [-0.3, -0.25) is 10.5 Å². The van der Waals surface area contributed by atoms with Crippen LogP contribution in [0.25, 0.3) is 0 Å². The number of rotatable bonds is 5. The Morgan fingerprint density at radius 2 is 2.14 bits per heavy atom. The van der Waals surface area contributed by atoms with E-state index in [0.717, 1.165) is 0 Å². The van der Waals surface area contributed by atoms with Crippen LogP contribution in [-0.4, -0.2) is 29.0 Å². The Bertz CT molecular complexity index is 693. The molecule has 116 valence electrons.